The fraction of sp³-hybridized carbons (Fsp3) is 0.476. The van der Waals surface area contributed by atoms with E-state index in [-0.39, 0.29) is 17.6 Å². The van der Waals surface area contributed by atoms with Crippen molar-refractivity contribution < 1.29 is 13.9 Å². The SMILES string of the molecule is O=C(N[C@H]1CCO[C@@]2(CCN(CCc3ccccc3)C2)C1)c1ccco1. The maximum Gasteiger partial charge on any atom is 0.287 e. The molecular weight excluding hydrogens is 328 g/mol. The van der Waals surface area contributed by atoms with Crippen molar-refractivity contribution in [2.75, 3.05) is 26.2 Å². The Morgan fingerprint density at radius 2 is 2.12 bits per heavy atom. The molecule has 1 spiro atoms. The van der Waals surface area contributed by atoms with Crippen molar-refractivity contribution in [3.8, 4) is 0 Å². The van der Waals surface area contributed by atoms with Gasteiger partial charge < -0.3 is 19.4 Å². The zero-order valence-electron chi connectivity index (χ0n) is 15.0. The van der Waals surface area contributed by atoms with Crippen molar-refractivity contribution in [2.45, 2.75) is 37.3 Å². The average molecular weight is 354 g/mol. The first-order chi connectivity index (χ1) is 12.7. The Bertz CT molecular complexity index is 716. The highest BCUT2D eigenvalue weighted by atomic mass is 16.5. The molecular formula is C21H26N2O3. The Balaban J connectivity index is 1.30. The molecule has 1 aromatic carbocycles. The molecule has 1 N–H and O–H groups in total. The number of benzene rings is 1. The van der Waals surface area contributed by atoms with E-state index in [1.54, 1.807) is 12.1 Å². The van der Waals surface area contributed by atoms with Crippen LogP contribution in [0.15, 0.2) is 53.1 Å². The molecule has 2 aliphatic heterocycles. The lowest BCUT2D eigenvalue weighted by Gasteiger charge is -2.38. The van der Waals surface area contributed by atoms with Crippen LogP contribution in [0.25, 0.3) is 0 Å². The first-order valence-electron chi connectivity index (χ1n) is 9.47. The third-order valence-electron chi connectivity index (χ3n) is 5.53. The van der Waals surface area contributed by atoms with Gasteiger partial charge in [0.15, 0.2) is 5.76 Å². The van der Waals surface area contributed by atoms with Gasteiger partial charge in [-0.2, -0.15) is 0 Å². The summed E-state index contributed by atoms with van der Waals surface area (Å²) in [6, 6.07) is 14.2. The van der Waals surface area contributed by atoms with Gasteiger partial charge in [-0.3, -0.25) is 4.79 Å². The lowest BCUT2D eigenvalue weighted by atomic mass is 9.89. The van der Waals surface area contributed by atoms with Crippen molar-refractivity contribution in [3.63, 3.8) is 0 Å². The Hall–Kier alpha value is -2.11. The summed E-state index contributed by atoms with van der Waals surface area (Å²) in [5, 5.41) is 3.11. The molecule has 2 atom stereocenters. The highest BCUT2D eigenvalue weighted by Gasteiger charge is 2.43. The molecule has 2 fully saturated rings. The van der Waals surface area contributed by atoms with E-state index in [9.17, 15) is 4.79 Å². The predicted octanol–water partition coefficient (Wildman–Crippen LogP) is 2.88. The summed E-state index contributed by atoms with van der Waals surface area (Å²) >= 11 is 0. The minimum absolute atomic E-state index is 0.115. The van der Waals surface area contributed by atoms with Crippen molar-refractivity contribution in [1.29, 1.82) is 0 Å². The Labute approximate surface area is 154 Å². The number of ether oxygens (including phenoxy) is 1. The van der Waals surface area contributed by atoms with Gasteiger partial charge in [-0.05, 0) is 43.4 Å². The number of rotatable bonds is 5. The van der Waals surface area contributed by atoms with Crippen LogP contribution in [-0.4, -0.2) is 48.7 Å². The van der Waals surface area contributed by atoms with Gasteiger partial charge in [-0.25, -0.2) is 0 Å². The van der Waals surface area contributed by atoms with Gasteiger partial charge >= 0.3 is 0 Å². The molecule has 0 radical (unpaired) electrons. The van der Waals surface area contributed by atoms with Gasteiger partial charge in [0.1, 0.15) is 0 Å². The molecule has 5 nitrogen and oxygen atoms in total. The lowest BCUT2D eigenvalue weighted by Crippen LogP contribution is -2.50. The smallest absolute Gasteiger partial charge is 0.287 e. The van der Waals surface area contributed by atoms with Crippen molar-refractivity contribution in [3.05, 3.63) is 60.1 Å². The van der Waals surface area contributed by atoms with Gasteiger partial charge in [-0.1, -0.05) is 30.3 Å². The van der Waals surface area contributed by atoms with Crippen molar-refractivity contribution in [2.24, 2.45) is 0 Å². The summed E-state index contributed by atoms with van der Waals surface area (Å²) in [4.78, 5) is 14.7. The van der Waals surface area contributed by atoms with E-state index in [4.69, 9.17) is 9.15 Å². The maximum absolute atomic E-state index is 12.2. The first kappa shape index (κ1) is 17.3. The van der Waals surface area contributed by atoms with E-state index >= 15 is 0 Å². The van der Waals surface area contributed by atoms with Gasteiger partial charge in [0.2, 0.25) is 0 Å². The number of carbonyl (C=O) groups excluding carboxylic acids is 1. The molecule has 3 heterocycles. The molecule has 5 heteroatoms. The third kappa shape index (κ3) is 4.00. The molecule has 0 aliphatic carbocycles. The lowest BCUT2D eigenvalue weighted by molar-refractivity contribution is -0.0789. The molecule has 26 heavy (non-hydrogen) atoms. The summed E-state index contributed by atoms with van der Waals surface area (Å²) < 4.78 is 11.4. The molecule has 2 aliphatic rings. The molecule has 2 saturated heterocycles. The maximum atomic E-state index is 12.2. The number of nitrogens with one attached hydrogen (secondary N) is 1. The van der Waals surface area contributed by atoms with Crippen LogP contribution in [0.2, 0.25) is 0 Å². The number of hydrogen-bond acceptors (Lipinski definition) is 4. The third-order valence-corrected chi connectivity index (χ3v) is 5.53. The van der Waals surface area contributed by atoms with Crippen LogP contribution in [0.5, 0.6) is 0 Å². The Morgan fingerprint density at radius 3 is 2.92 bits per heavy atom. The monoisotopic (exact) mass is 354 g/mol. The topological polar surface area (TPSA) is 54.7 Å². The van der Waals surface area contributed by atoms with Gasteiger partial charge in [0.25, 0.3) is 5.91 Å². The number of carbonyl (C=O) groups is 1. The number of nitrogens with zero attached hydrogens (tertiary/aromatic N) is 1. The molecule has 0 bridgehead atoms. The first-order valence-corrected chi connectivity index (χ1v) is 9.47. The minimum Gasteiger partial charge on any atom is -0.459 e. The number of amides is 1. The zero-order chi connectivity index (χ0) is 17.8. The molecule has 2 aromatic rings. The van der Waals surface area contributed by atoms with E-state index in [1.165, 1.54) is 11.8 Å². The summed E-state index contributed by atoms with van der Waals surface area (Å²) in [6.07, 6.45) is 5.37. The van der Waals surface area contributed by atoms with Crippen LogP contribution in [-0.2, 0) is 11.2 Å². The highest BCUT2D eigenvalue weighted by Crippen LogP contribution is 2.34. The standard InChI is InChI=1S/C21H26N2O3/c24-20(19-7-4-13-25-19)22-18-9-14-26-21(15-18)10-12-23(16-21)11-8-17-5-2-1-3-6-17/h1-7,13,18H,8-12,14-16H2,(H,22,24)/t18-,21-/m0/s1. The van der Waals surface area contributed by atoms with Crippen LogP contribution >= 0.6 is 0 Å². The molecule has 0 saturated carbocycles. The second kappa shape index (κ2) is 7.64. The quantitative estimate of drug-likeness (QED) is 0.897. The van der Waals surface area contributed by atoms with Gasteiger partial charge in [0.05, 0.1) is 11.9 Å². The molecule has 4 rings (SSSR count). The molecule has 0 unspecified atom stereocenters. The van der Waals surface area contributed by atoms with Gasteiger partial charge in [-0.15, -0.1) is 0 Å². The molecule has 1 aromatic heterocycles. The van der Waals surface area contributed by atoms with Crippen LogP contribution in [0, 0.1) is 0 Å². The van der Waals surface area contributed by atoms with Crippen molar-refractivity contribution >= 4 is 5.91 Å². The minimum atomic E-state index is -0.129. The van der Waals surface area contributed by atoms with E-state index in [0.29, 0.717) is 12.4 Å². The summed E-state index contributed by atoms with van der Waals surface area (Å²) in [5.74, 6) is 0.248. The van der Waals surface area contributed by atoms with Gasteiger partial charge in [0, 0.05) is 32.3 Å². The second-order valence-electron chi connectivity index (χ2n) is 7.43. The van der Waals surface area contributed by atoms with E-state index in [2.05, 4.69) is 40.5 Å². The largest absolute Gasteiger partial charge is 0.459 e. The zero-order valence-corrected chi connectivity index (χ0v) is 15.0. The number of furan rings is 1. The number of likely N-dealkylation sites (tertiary alicyclic amines) is 1. The van der Waals surface area contributed by atoms with E-state index in [0.717, 1.165) is 45.3 Å². The highest BCUT2D eigenvalue weighted by molar-refractivity contribution is 5.91. The fourth-order valence-corrected chi connectivity index (χ4v) is 4.15. The second-order valence-corrected chi connectivity index (χ2v) is 7.43. The average Bonchev–Trinajstić information content (AvgIpc) is 3.32. The van der Waals surface area contributed by atoms with Crippen molar-refractivity contribution in [1.82, 2.24) is 10.2 Å². The van der Waals surface area contributed by atoms with Crippen LogP contribution in [0.3, 0.4) is 0 Å². The summed E-state index contributed by atoms with van der Waals surface area (Å²) in [6.45, 7) is 3.77. The number of hydrogen-bond donors (Lipinski definition) is 1. The Kier molecular flexibility index (Phi) is 5.09. The summed E-state index contributed by atoms with van der Waals surface area (Å²) in [7, 11) is 0. The van der Waals surface area contributed by atoms with Crippen LogP contribution in [0.4, 0.5) is 0 Å². The molecule has 1 amide bonds. The molecule has 138 valence electrons. The van der Waals surface area contributed by atoms with Crippen LogP contribution in [0.1, 0.15) is 35.4 Å². The fourth-order valence-electron chi connectivity index (χ4n) is 4.15. The predicted molar refractivity (Wildman–Crippen MR) is 99.1 cm³/mol. The van der Waals surface area contributed by atoms with E-state index in [1.807, 2.05) is 0 Å². The Morgan fingerprint density at radius 1 is 1.23 bits per heavy atom. The normalized spacial score (nSPS) is 26.2. The van der Waals surface area contributed by atoms with Crippen LogP contribution < -0.4 is 5.32 Å². The van der Waals surface area contributed by atoms with E-state index < -0.39 is 0 Å². The summed E-state index contributed by atoms with van der Waals surface area (Å²) in [5.41, 5.74) is 1.26.